The van der Waals surface area contributed by atoms with E-state index in [2.05, 4.69) is 0 Å². The molecule has 1 aliphatic heterocycles. The first kappa shape index (κ1) is 16.3. The quantitative estimate of drug-likeness (QED) is 0.849. The van der Waals surface area contributed by atoms with Crippen LogP contribution in [-0.4, -0.2) is 52.8 Å². The summed E-state index contributed by atoms with van der Waals surface area (Å²) in [5, 5.41) is 18.8. The van der Waals surface area contributed by atoms with Crippen molar-refractivity contribution in [3.63, 3.8) is 0 Å². The van der Waals surface area contributed by atoms with E-state index in [0.29, 0.717) is 12.8 Å². The highest BCUT2D eigenvalue weighted by Crippen LogP contribution is 2.22. The van der Waals surface area contributed by atoms with Crippen LogP contribution in [0.2, 0.25) is 0 Å². The number of carboxylic acids is 1. The minimum atomic E-state index is -1.07. The normalized spacial score (nSPS) is 21.5. The van der Waals surface area contributed by atoms with E-state index in [1.807, 2.05) is 24.3 Å². The predicted octanol–water partition coefficient (Wildman–Crippen LogP) is 1.06. The molecule has 0 saturated carbocycles. The third-order valence-corrected chi connectivity index (χ3v) is 3.98. The largest absolute Gasteiger partial charge is 0.496 e. The zero-order valence-electron chi connectivity index (χ0n) is 12.6. The van der Waals surface area contributed by atoms with Crippen molar-refractivity contribution in [2.24, 2.45) is 0 Å². The van der Waals surface area contributed by atoms with E-state index in [1.54, 1.807) is 7.11 Å². The Labute approximate surface area is 129 Å². The van der Waals surface area contributed by atoms with Gasteiger partial charge in [0, 0.05) is 19.4 Å². The number of methoxy groups -OCH3 is 1. The molecular formula is C16H21NO5. The number of aliphatic hydroxyl groups excluding tert-OH is 1. The lowest BCUT2D eigenvalue weighted by atomic mass is 9.98. The molecule has 2 rings (SSSR count). The standard InChI is InChI=1S/C16H21NO5/c1-22-14-5-3-2-4-11(14)6-7-15(19)17-9-8-12(18)10-13(17)16(20)21/h2-5,12-13,18H,6-10H2,1H3,(H,20,21)/t12-,13+/m1/s1. The van der Waals surface area contributed by atoms with Gasteiger partial charge in [-0.15, -0.1) is 0 Å². The van der Waals surface area contributed by atoms with Crippen molar-refractivity contribution in [2.75, 3.05) is 13.7 Å². The average Bonchev–Trinajstić information content (AvgIpc) is 2.52. The summed E-state index contributed by atoms with van der Waals surface area (Å²) in [5.74, 6) is -0.547. The summed E-state index contributed by atoms with van der Waals surface area (Å²) in [6, 6.07) is 6.52. The van der Waals surface area contributed by atoms with E-state index < -0.39 is 18.1 Å². The summed E-state index contributed by atoms with van der Waals surface area (Å²) in [6.07, 6.45) is 0.577. The lowest BCUT2D eigenvalue weighted by Crippen LogP contribution is -2.51. The molecule has 1 amide bonds. The fourth-order valence-electron chi connectivity index (χ4n) is 2.77. The van der Waals surface area contributed by atoms with Crippen molar-refractivity contribution in [1.82, 2.24) is 4.90 Å². The molecule has 0 bridgehead atoms. The van der Waals surface area contributed by atoms with Crippen LogP contribution in [0.3, 0.4) is 0 Å². The molecule has 6 heteroatoms. The number of aliphatic hydroxyl groups is 1. The lowest BCUT2D eigenvalue weighted by Gasteiger charge is -2.35. The fraction of sp³-hybridized carbons (Fsp3) is 0.500. The maximum atomic E-state index is 12.3. The average molecular weight is 307 g/mol. The Balaban J connectivity index is 2.00. The van der Waals surface area contributed by atoms with Crippen molar-refractivity contribution in [2.45, 2.75) is 37.8 Å². The van der Waals surface area contributed by atoms with Crippen LogP contribution in [0.5, 0.6) is 5.75 Å². The van der Waals surface area contributed by atoms with Gasteiger partial charge in [-0.1, -0.05) is 18.2 Å². The second kappa shape index (κ2) is 7.26. The van der Waals surface area contributed by atoms with Gasteiger partial charge in [-0.2, -0.15) is 0 Å². The van der Waals surface area contributed by atoms with Crippen LogP contribution in [0.15, 0.2) is 24.3 Å². The number of para-hydroxylation sites is 1. The molecule has 120 valence electrons. The highest BCUT2D eigenvalue weighted by molar-refractivity contribution is 5.84. The van der Waals surface area contributed by atoms with Crippen molar-refractivity contribution in [1.29, 1.82) is 0 Å². The van der Waals surface area contributed by atoms with Crippen LogP contribution in [-0.2, 0) is 16.0 Å². The minimum Gasteiger partial charge on any atom is -0.496 e. The Morgan fingerprint density at radius 1 is 1.36 bits per heavy atom. The summed E-state index contributed by atoms with van der Waals surface area (Å²) < 4.78 is 5.24. The Hall–Kier alpha value is -2.08. The molecule has 1 aromatic rings. The van der Waals surface area contributed by atoms with Crippen LogP contribution in [0.1, 0.15) is 24.8 Å². The summed E-state index contributed by atoms with van der Waals surface area (Å²) in [5.41, 5.74) is 0.919. The second-order valence-electron chi connectivity index (χ2n) is 5.43. The van der Waals surface area contributed by atoms with E-state index in [4.69, 9.17) is 4.74 Å². The van der Waals surface area contributed by atoms with Crippen LogP contribution < -0.4 is 4.74 Å². The minimum absolute atomic E-state index is 0.0930. The third-order valence-electron chi connectivity index (χ3n) is 3.98. The zero-order valence-corrected chi connectivity index (χ0v) is 12.6. The number of hydrogen-bond acceptors (Lipinski definition) is 4. The van der Waals surface area contributed by atoms with E-state index >= 15 is 0 Å². The number of hydrogen-bond donors (Lipinski definition) is 2. The molecule has 0 aliphatic carbocycles. The molecule has 1 heterocycles. The first-order chi connectivity index (χ1) is 10.5. The molecule has 1 aliphatic rings. The fourth-order valence-corrected chi connectivity index (χ4v) is 2.77. The summed E-state index contributed by atoms with van der Waals surface area (Å²) >= 11 is 0. The highest BCUT2D eigenvalue weighted by Gasteiger charge is 2.35. The van der Waals surface area contributed by atoms with Gasteiger partial charge in [0.2, 0.25) is 5.91 Å². The van der Waals surface area contributed by atoms with Gasteiger partial charge < -0.3 is 19.8 Å². The van der Waals surface area contributed by atoms with Gasteiger partial charge in [-0.05, 0) is 24.5 Å². The van der Waals surface area contributed by atoms with Crippen LogP contribution >= 0.6 is 0 Å². The number of carboxylic acid groups (broad SMARTS) is 1. The van der Waals surface area contributed by atoms with Gasteiger partial charge in [-0.3, -0.25) is 4.79 Å². The predicted molar refractivity (Wildman–Crippen MR) is 79.7 cm³/mol. The van der Waals surface area contributed by atoms with Gasteiger partial charge in [0.1, 0.15) is 11.8 Å². The molecule has 0 unspecified atom stereocenters. The highest BCUT2D eigenvalue weighted by atomic mass is 16.5. The van der Waals surface area contributed by atoms with Crippen molar-refractivity contribution in [3.8, 4) is 5.75 Å². The topological polar surface area (TPSA) is 87.1 Å². The Morgan fingerprint density at radius 3 is 2.77 bits per heavy atom. The van der Waals surface area contributed by atoms with Gasteiger partial charge in [-0.25, -0.2) is 4.79 Å². The number of nitrogens with zero attached hydrogens (tertiary/aromatic N) is 1. The number of carbonyl (C=O) groups is 2. The van der Waals surface area contributed by atoms with E-state index in [0.717, 1.165) is 11.3 Å². The Bertz CT molecular complexity index is 545. The van der Waals surface area contributed by atoms with Gasteiger partial charge in [0.05, 0.1) is 13.2 Å². The van der Waals surface area contributed by atoms with Crippen LogP contribution in [0, 0.1) is 0 Å². The molecule has 2 N–H and O–H groups in total. The number of ether oxygens (including phenoxy) is 1. The summed E-state index contributed by atoms with van der Waals surface area (Å²) in [6.45, 7) is 0.281. The molecule has 0 radical (unpaired) electrons. The van der Waals surface area contributed by atoms with Crippen LogP contribution in [0.25, 0.3) is 0 Å². The Kier molecular flexibility index (Phi) is 5.38. The number of piperidine rings is 1. The lowest BCUT2D eigenvalue weighted by molar-refractivity contribution is -0.154. The summed E-state index contributed by atoms with van der Waals surface area (Å²) in [4.78, 5) is 25.0. The second-order valence-corrected chi connectivity index (χ2v) is 5.43. The molecule has 1 aromatic carbocycles. The van der Waals surface area contributed by atoms with Crippen molar-refractivity contribution in [3.05, 3.63) is 29.8 Å². The van der Waals surface area contributed by atoms with E-state index in [-0.39, 0.29) is 25.3 Å². The number of aryl methyl sites for hydroxylation is 1. The maximum Gasteiger partial charge on any atom is 0.326 e. The van der Waals surface area contributed by atoms with Crippen molar-refractivity contribution >= 4 is 11.9 Å². The molecule has 1 saturated heterocycles. The number of benzene rings is 1. The summed E-state index contributed by atoms with van der Waals surface area (Å²) in [7, 11) is 1.58. The van der Waals surface area contributed by atoms with Gasteiger partial charge in [0.25, 0.3) is 0 Å². The first-order valence-electron chi connectivity index (χ1n) is 7.35. The smallest absolute Gasteiger partial charge is 0.326 e. The third kappa shape index (κ3) is 3.76. The zero-order chi connectivity index (χ0) is 16.1. The van der Waals surface area contributed by atoms with Gasteiger partial charge >= 0.3 is 5.97 Å². The SMILES string of the molecule is COc1ccccc1CCC(=O)N1CC[C@@H](O)C[C@H]1C(=O)O. The number of amides is 1. The van der Waals surface area contributed by atoms with Crippen LogP contribution in [0.4, 0.5) is 0 Å². The number of rotatable bonds is 5. The van der Waals surface area contributed by atoms with E-state index in [9.17, 15) is 19.8 Å². The molecule has 0 spiro atoms. The molecule has 2 atom stereocenters. The molecule has 22 heavy (non-hydrogen) atoms. The number of likely N-dealkylation sites (tertiary alicyclic amines) is 1. The van der Waals surface area contributed by atoms with E-state index in [1.165, 1.54) is 4.90 Å². The van der Waals surface area contributed by atoms with Gasteiger partial charge in [0.15, 0.2) is 0 Å². The monoisotopic (exact) mass is 307 g/mol. The molecule has 6 nitrogen and oxygen atoms in total. The Morgan fingerprint density at radius 2 is 2.09 bits per heavy atom. The number of carbonyl (C=O) groups excluding carboxylic acids is 1. The molecule has 1 fully saturated rings. The van der Waals surface area contributed by atoms with Crippen molar-refractivity contribution < 1.29 is 24.5 Å². The molecule has 0 aromatic heterocycles. The molecular weight excluding hydrogens is 286 g/mol. The number of aliphatic carboxylic acids is 1. The first-order valence-corrected chi connectivity index (χ1v) is 7.35. The maximum absolute atomic E-state index is 12.3.